The fourth-order valence-electron chi connectivity index (χ4n) is 2.78. The number of rotatable bonds is 7. The molecule has 20 heavy (non-hydrogen) atoms. The van der Waals surface area contributed by atoms with Gasteiger partial charge in [0.2, 0.25) is 0 Å². The van der Waals surface area contributed by atoms with Gasteiger partial charge in [0.05, 0.1) is 0 Å². The molecule has 112 valence electrons. The highest BCUT2D eigenvalue weighted by molar-refractivity contribution is 5.27. The van der Waals surface area contributed by atoms with Gasteiger partial charge in [0.15, 0.2) is 0 Å². The Bertz CT molecular complexity index is 400. The lowest BCUT2D eigenvalue weighted by Crippen LogP contribution is -2.32. The van der Waals surface area contributed by atoms with E-state index in [1.807, 2.05) is 0 Å². The number of hydrogen-bond acceptors (Lipinski definition) is 3. The number of benzene rings is 1. The highest BCUT2D eigenvalue weighted by atomic mass is 16.5. The van der Waals surface area contributed by atoms with Crippen LogP contribution in [0.4, 0.5) is 0 Å². The van der Waals surface area contributed by atoms with E-state index in [0.29, 0.717) is 5.92 Å². The van der Waals surface area contributed by atoms with Crippen molar-refractivity contribution in [3.05, 3.63) is 35.4 Å². The summed E-state index contributed by atoms with van der Waals surface area (Å²) >= 11 is 0. The first kappa shape index (κ1) is 15.5. The van der Waals surface area contributed by atoms with Crippen molar-refractivity contribution in [1.29, 1.82) is 0 Å². The van der Waals surface area contributed by atoms with Gasteiger partial charge < -0.3 is 9.64 Å². The molecule has 0 bridgehead atoms. The fraction of sp³-hybridized carbons (Fsp3) is 0.647. The molecule has 1 aromatic rings. The zero-order valence-electron chi connectivity index (χ0n) is 13.1. The Morgan fingerprint density at radius 3 is 2.55 bits per heavy atom. The number of likely N-dealkylation sites (tertiary alicyclic amines) is 1. The second kappa shape index (κ2) is 7.77. The van der Waals surface area contributed by atoms with Crippen LogP contribution in [0.3, 0.4) is 0 Å². The van der Waals surface area contributed by atoms with Gasteiger partial charge in [-0.2, -0.15) is 0 Å². The molecule has 1 saturated heterocycles. The minimum absolute atomic E-state index is 0.00342. The van der Waals surface area contributed by atoms with Crippen molar-refractivity contribution in [2.75, 3.05) is 33.3 Å². The third-order valence-electron chi connectivity index (χ3n) is 4.07. The van der Waals surface area contributed by atoms with Crippen molar-refractivity contribution < 1.29 is 4.74 Å². The van der Waals surface area contributed by atoms with Gasteiger partial charge in [-0.3, -0.25) is 5.32 Å². The Balaban J connectivity index is 1.88. The van der Waals surface area contributed by atoms with Crippen molar-refractivity contribution in [2.45, 2.75) is 38.8 Å². The lowest BCUT2D eigenvalue weighted by atomic mass is 10.0. The van der Waals surface area contributed by atoms with Crippen LogP contribution in [0.2, 0.25) is 0 Å². The van der Waals surface area contributed by atoms with Crippen LogP contribution in [0.1, 0.15) is 50.0 Å². The van der Waals surface area contributed by atoms with Crippen molar-refractivity contribution >= 4 is 0 Å². The maximum absolute atomic E-state index is 5.61. The Kier molecular flexibility index (Phi) is 6.02. The molecule has 0 radical (unpaired) electrons. The zero-order valence-corrected chi connectivity index (χ0v) is 13.1. The maximum atomic E-state index is 5.61. The zero-order chi connectivity index (χ0) is 14.4. The van der Waals surface area contributed by atoms with Crippen molar-refractivity contribution in [3.63, 3.8) is 0 Å². The molecule has 0 spiro atoms. The number of hydrogen-bond donors (Lipinski definition) is 1. The molecular formula is C17H28N2O. The lowest BCUT2D eigenvalue weighted by molar-refractivity contribution is 0.0716. The number of ether oxygens (including phenoxy) is 1. The van der Waals surface area contributed by atoms with Crippen LogP contribution in [-0.4, -0.2) is 38.2 Å². The molecule has 0 amide bonds. The predicted octanol–water partition coefficient (Wildman–Crippen LogP) is 3.14. The minimum atomic E-state index is -0.00342. The lowest BCUT2D eigenvalue weighted by Gasteiger charge is -2.21. The molecule has 0 aromatic heterocycles. The van der Waals surface area contributed by atoms with Crippen molar-refractivity contribution in [2.24, 2.45) is 0 Å². The monoisotopic (exact) mass is 276 g/mol. The molecule has 1 unspecified atom stereocenters. The summed E-state index contributed by atoms with van der Waals surface area (Å²) in [6.07, 6.45) is 2.70. The molecule has 1 N–H and O–H groups in total. The molecular weight excluding hydrogens is 248 g/mol. The van der Waals surface area contributed by atoms with Crippen LogP contribution < -0.4 is 5.32 Å². The van der Waals surface area contributed by atoms with E-state index in [9.17, 15) is 0 Å². The Hall–Kier alpha value is -0.900. The van der Waals surface area contributed by atoms with E-state index < -0.39 is 0 Å². The largest absolute Gasteiger partial charge is 0.362 e. The van der Waals surface area contributed by atoms with E-state index in [0.717, 1.165) is 13.1 Å². The second-order valence-corrected chi connectivity index (χ2v) is 5.94. The van der Waals surface area contributed by atoms with E-state index in [4.69, 9.17) is 4.74 Å². The molecule has 1 aliphatic rings. The third-order valence-corrected chi connectivity index (χ3v) is 4.07. The molecule has 1 atom stereocenters. The smallest absolute Gasteiger partial charge is 0.133 e. The predicted molar refractivity (Wildman–Crippen MR) is 84.0 cm³/mol. The molecule has 1 aromatic carbocycles. The average molecular weight is 276 g/mol. The van der Waals surface area contributed by atoms with Crippen LogP contribution >= 0.6 is 0 Å². The van der Waals surface area contributed by atoms with E-state index in [2.05, 4.69) is 48.3 Å². The van der Waals surface area contributed by atoms with Crippen LogP contribution in [0, 0.1) is 0 Å². The van der Waals surface area contributed by atoms with Crippen LogP contribution in [0.25, 0.3) is 0 Å². The molecule has 1 heterocycles. The van der Waals surface area contributed by atoms with E-state index >= 15 is 0 Å². The summed E-state index contributed by atoms with van der Waals surface area (Å²) in [5.41, 5.74) is 2.59. The second-order valence-electron chi connectivity index (χ2n) is 5.94. The summed E-state index contributed by atoms with van der Waals surface area (Å²) < 4.78 is 5.61. The van der Waals surface area contributed by atoms with E-state index in [1.54, 1.807) is 7.11 Å². The van der Waals surface area contributed by atoms with Gasteiger partial charge in [0.1, 0.15) is 6.23 Å². The number of nitrogens with one attached hydrogen (secondary N) is 1. The Morgan fingerprint density at radius 2 is 1.90 bits per heavy atom. The van der Waals surface area contributed by atoms with Crippen LogP contribution in [-0.2, 0) is 4.74 Å². The first-order valence-electron chi connectivity index (χ1n) is 7.79. The van der Waals surface area contributed by atoms with E-state index in [-0.39, 0.29) is 6.23 Å². The van der Waals surface area contributed by atoms with Gasteiger partial charge >= 0.3 is 0 Å². The number of nitrogens with zero attached hydrogens (tertiary/aromatic N) is 1. The quantitative estimate of drug-likeness (QED) is 0.774. The summed E-state index contributed by atoms with van der Waals surface area (Å²) in [6.45, 7) is 9.04. The first-order valence-corrected chi connectivity index (χ1v) is 7.79. The summed E-state index contributed by atoms with van der Waals surface area (Å²) in [5, 5.41) is 3.51. The van der Waals surface area contributed by atoms with Gasteiger partial charge in [-0.15, -0.1) is 0 Å². The molecule has 1 fully saturated rings. The molecule has 0 saturated carbocycles. The standard InChI is InChI=1S/C17H28N2O/c1-14(2)15-7-6-8-16(13-15)17(20-3)18-9-12-19-10-4-5-11-19/h6-8,13-14,17-18H,4-5,9-12H2,1-3H3. The molecule has 0 aliphatic carbocycles. The first-order chi connectivity index (χ1) is 9.70. The number of methoxy groups -OCH3 is 1. The minimum Gasteiger partial charge on any atom is -0.362 e. The third kappa shape index (κ3) is 4.30. The summed E-state index contributed by atoms with van der Waals surface area (Å²) in [6, 6.07) is 8.70. The highest BCUT2D eigenvalue weighted by Crippen LogP contribution is 2.20. The van der Waals surface area contributed by atoms with Gasteiger partial charge in [0, 0.05) is 20.2 Å². The van der Waals surface area contributed by atoms with Gasteiger partial charge in [-0.05, 0) is 43.0 Å². The van der Waals surface area contributed by atoms with Gasteiger partial charge in [0.25, 0.3) is 0 Å². The van der Waals surface area contributed by atoms with Crippen LogP contribution in [0.15, 0.2) is 24.3 Å². The maximum Gasteiger partial charge on any atom is 0.133 e. The van der Waals surface area contributed by atoms with Gasteiger partial charge in [-0.1, -0.05) is 38.1 Å². The Morgan fingerprint density at radius 1 is 1.20 bits per heavy atom. The summed E-state index contributed by atoms with van der Waals surface area (Å²) in [4.78, 5) is 2.52. The van der Waals surface area contributed by atoms with Crippen molar-refractivity contribution in [3.8, 4) is 0 Å². The van der Waals surface area contributed by atoms with Crippen molar-refractivity contribution in [1.82, 2.24) is 10.2 Å². The SMILES string of the molecule is COC(NCCN1CCCC1)c1cccc(C(C)C)c1. The normalized spacial score (nSPS) is 17.8. The molecule has 3 nitrogen and oxygen atoms in total. The average Bonchev–Trinajstić information content (AvgIpc) is 2.97. The Labute approximate surface area is 123 Å². The molecule has 3 heteroatoms. The highest BCUT2D eigenvalue weighted by Gasteiger charge is 2.14. The van der Waals surface area contributed by atoms with E-state index in [1.165, 1.54) is 37.1 Å². The topological polar surface area (TPSA) is 24.5 Å². The fourth-order valence-corrected chi connectivity index (χ4v) is 2.78. The van der Waals surface area contributed by atoms with Gasteiger partial charge in [-0.25, -0.2) is 0 Å². The molecule has 1 aliphatic heterocycles. The van der Waals surface area contributed by atoms with Crippen LogP contribution in [0.5, 0.6) is 0 Å². The summed E-state index contributed by atoms with van der Waals surface area (Å²) in [7, 11) is 1.77. The summed E-state index contributed by atoms with van der Waals surface area (Å²) in [5.74, 6) is 0.553. The molecule has 2 rings (SSSR count).